The minimum atomic E-state index is 0.132. The number of piperidine rings is 1. The standard InChI is InChI=1S/C20H30N2O2/c1-2-5-18(4-1)22-12-9-20(10-13-22)17(8-15-24-20)7-14-23-19-6-3-11-21-16-19/h3,6,11,16-18H,1-2,4-5,7-10,12-15H2. The van der Waals surface area contributed by atoms with Crippen LogP contribution in [0.4, 0.5) is 0 Å². The van der Waals surface area contributed by atoms with Crippen LogP contribution in [-0.4, -0.2) is 47.8 Å². The third-order valence-corrected chi connectivity index (χ3v) is 6.45. The van der Waals surface area contributed by atoms with E-state index in [4.69, 9.17) is 9.47 Å². The molecule has 4 heteroatoms. The second-order valence-electron chi connectivity index (χ2n) is 7.70. The van der Waals surface area contributed by atoms with Crippen LogP contribution >= 0.6 is 0 Å². The van der Waals surface area contributed by atoms with Gasteiger partial charge in [-0.25, -0.2) is 0 Å². The molecule has 4 rings (SSSR count). The van der Waals surface area contributed by atoms with E-state index in [1.807, 2.05) is 12.1 Å². The highest BCUT2D eigenvalue weighted by Crippen LogP contribution is 2.43. The predicted octanol–water partition coefficient (Wildman–Crippen LogP) is 3.66. The molecule has 1 atom stereocenters. The molecule has 0 N–H and O–H groups in total. The maximum absolute atomic E-state index is 6.31. The van der Waals surface area contributed by atoms with Gasteiger partial charge in [-0.15, -0.1) is 0 Å². The summed E-state index contributed by atoms with van der Waals surface area (Å²) in [7, 11) is 0. The molecule has 3 heterocycles. The molecule has 1 aromatic heterocycles. The van der Waals surface area contributed by atoms with E-state index in [2.05, 4.69) is 9.88 Å². The van der Waals surface area contributed by atoms with Crippen molar-refractivity contribution in [3.63, 3.8) is 0 Å². The van der Waals surface area contributed by atoms with Crippen LogP contribution in [-0.2, 0) is 4.74 Å². The summed E-state index contributed by atoms with van der Waals surface area (Å²) in [5.41, 5.74) is 0.132. The second kappa shape index (κ2) is 7.40. The van der Waals surface area contributed by atoms with Gasteiger partial charge in [0.1, 0.15) is 5.75 Å². The first-order valence-corrected chi connectivity index (χ1v) is 9.77. The van der Waals surface area contributed by atoms with Crippen molar-refractivity contribution in [3.05, 3.63) is 24.5 Å². The fraction of sp³-hybridized carbons (Fsp3) is 0.750. The first kappa shape index (κ1) is 16.3. The molecule has 0 amide bonds. The number of pyridine rings is 1. The monoisotopic (exact) mass is 330 g/mol. The molecule has 4 nitrogen and oxygen atoms in total. The minimum absolute atomic E-state index is 0.132. The summed E-state index contributed by atoms with van der Waals surface area (Å²) >= 11 is 0. The van der Waals surface area contributed by atoms with E-state index in [0.717, 1.165) is 31.4 Å². The molecule has 1 saturated carbocycles. The van der Waals surface area contributed by atoms with Crippen LogP contribution in [0.1, 0.15) is 51.4 Å². The average Bonchev–Trinajstić information content (AvgIpc) is 3.28. The Morgan fingerprint density at radius 2 is 2.04 bits per heavy atom. The van der Waals surface area contributed by atoms with Gasteiger partial charge < -0.3 is 14.4 Å². The average molecular weight is 330 g/mol. The molecule has 2 aliphatic heterocycles. The lowest BCUT2D eigenvalue weighted by Gasteiger charge is -2.44. The normalized spacial score (nSPS) is 27.8. The molecule has 1 spiro atoms. The van der Waals surface area contributed by atoms with Crippen molar-refractivity contribution in [2.24, 2.45) is 5.92 Å². The van der Waals surface area contributed by atoms with E-state index in [0.29, 0.717) is 5.92 Å². The summed E-state index contributed by atoms with van der Waals surface area (Å²) in [6.45, 7) is 4.16. The molecule has 2 saturated heterocycles. The number of nitrogens with zero attached hydrogens (tertiary/aromatic N) is 2. The highest BCUT2D eigenvalue weighted by molar-refractivity contribution is 5.15. The van der Waals surface area contributed by atoms with Crippen LogP contribution in [0, 0.1) is 5.92 Å². The SMILES string of the molecule is c1cncc(OCCC2CCOC23CCN(C2CCCC2)CC3)c1. The molecule has 3 fully saturated rings. The minimum Gasteiger partial charge on any atom is -0.492 e. The molecule has 3 aliphatic rings. The summed E-state index contributed by atoms with van der Waals surface area (Å²) in [6.07, 6.45) is 14.0. The molecule has 0 radical (unpaired) electrons. The molecular formula is C20H30N2O2. The van der Waals surface area contributed by atoms with E-state index >= 15 is 0 Å². The Balaban J connectivity index is 1.28. The van der Waals surface area contributed by atoms with Crippen LogP contribution in [0.3, 0.4) is 0 Å². The second-order valence-corrected chi connectivity index (χ2v) is 7.70. The number of hydrogen-bond donors (Lipinski definition) is 0. The Morgan fingerprint density at radius 3 is 2.79 bits per heavy atom. The van der Waals surface area contributed by atoms with E-state index in [1.165, 1.54) is 58.0 Å². The van der Waals surface area contributed by atoms with Crippen molar-refractivity contribution in [2.75, 3.05) is 26.3 Å². The van der Waals surface area contributed by atoms with Gasteiger partial charge in [0, 0.05) is 31.9 Å². The molecule has 24 heavy (non-hydrogen) atoms. The van der Waals surface area contributed by atoms with E-state index < -0.39 is 0 Å². The zero-order valence-electron chi connectivity index (χ0n) is 14.7. The largest absolute Gasteiger partial charge is 0.492 e. The van der Waals surface area contributed by atoms with Gasteiger partial charge in [-0.1, -0.05) is 12.8 Å². The highest BCUT2D eigenvalue weighted by Gasteiger charge is 2.46. The van der Waals surface area contributed by atoms with Crippen LogP contribution in [0.5, 0.6) is 5.75 Å². The summed E-state index contributed by atoms with van der Waals surface area (Å²) < 4.78 is 12.2. The number of likely N-dealkylation sites (tertiary alicyclic amines) is 1. The molecule has 1 aliphatic carbocycles. The number of rotatable bonds is 5. The molecule has 1 unspecified atom stereocenters. The van der Waals surface area contributed by atoms with E-state index in [9.17, 15) is 0 Å². The van der Waals surface area contributed by atoms with Crippen molar-refractivity contribution in [2.45, 2.75) is 63.0 Å². The lowest BCUT2D eigenvalue weighted by atomic mass is 9.78. The first-order chi connectivity index (χ1) is 11.9. The molecule has 0 bridgehead atoms. The fourth-order valence-electron chi connectivity index (χ4n) is 5.03. The topological polar surface area (TPSA) is 34.6 Å². The Hall–Kier alpha value is -1.13. The van der Waals surface area contributed by atoms with Gasteiger partial charge in [-0.3, -0.25) is 4.98 Å². The number of aromatic nitrogens is 1. The van der Waals surface area contributed by atoms with Crippen molar-refractivity contribution >= 4 is 0 Å². The van der Waals surface area contributed by atoms with Gasteiger partial charge in [-0.2, -0.15) is 0 Å². The van der Waals surface area contributed by atoms with Crippen LogP contribution in [0.2, 0.25) is 0 Å². The Bertz CT molecular complexity index is 508. The highest BCUT2D eigenvalue weighted by atomic mass is 16.5. The zero-order valence-corrected chi connectivity index (χ0v) is 14.7. The molecule has 0 aromatic carbocycles. The smallest absolute Gasteiger partial charge is 0.137 e. The van der Waals surface area contributed by atoms with Crippen LogP contribution < -0.4 is 4.74 Å². The third-order valence-electron chi connectivity index (χ3n) is 6.45. The van der Waals surface area contributed by atoms with Gasteiger partial charge >= 0.3 is 0 Å². The van der Waals surface area contributed by atoms with Crippen molar-refractivity contribution in [1.29, 1.82) is 0 Å². The predicted molar refractivity (Wildman–Crippen MR) is 94.2 cm³/mol. The number of ether oxygens (including phenoxy) is 2. The van der Waals surface area contributed by atoms with E-state index in [1.54, 1.807) is 12.4 Å². The number of hydrogen-bond acceptors (Lipinski definition) is 4. The molecule has 1 aromatic rings. The Morgan fingerprint density at radius 1 is 1.21 bits per heavy atom. The van der Waals surface area contributed by atoms with Gasteiger partial charge in [0.15, 0.2) is 0 Å². The van der Waals surface area contributed by atoms with Crippen LogP contribution in [0.25, 0.3) is 0 Å². The lowest BCUT2D eigenvalue weighted by Crippen LogP contribution is -2.50. The third kappa shape index (κ3) is 3.45. The van der Waals surface area contributed by atoms with Gasteiger partial charge in [-0.05, 0) is 56.6 Å². The van der Waals surface area contributed by atoms with Crippen molar-refractivity contribution in [1.82, 2.24) is 9.88 Å². The van der Waals surface area contributed by atoms with Gasteiger partial charge in [0.25, 0.3) is 0 Å². The summed E-state index contributed by atoms with van der Waals surface area (Å²) in [5, 5.41) is 0. The quantitative estimate of drug-likeness (QED) is 0.825. The summed E-state index contributed by atoms with van der Waals surface area (Å²) in [4.78, 5) is 6.85. The fourth-order valence-corrected chi connectivity index (χ4v) is 5.03. The summed E-state index contributed by atoms with van der Waals surface area (Å²) in [5.74, 6) is 1.53. The maximum Gasteiger partial charge on any atom is 0.137 e. The lowest BCUT2D eigenvalue weighted by molar-refractivity contribution is -0.0753. The maximum atomic E-state index is 6.31. The molecule has 132 valence electrons. The summed E-state index contributed by atoms with van der Waals surface area (Å²) in [6, 6.07) is 4.76. The Labute approximate surface area is 145 Å². The van der Waals surface area contributed by atoms with E-state index in [-0.39, 0.29) is 5.60 Å². The van der Waals surface area contributed by atoms with Crippen LogP contribution in [0.15, 0.2) is 24.5 Å². The first-order valence-electron chi connectivity index (χ1n) is 9.77. The van der Waals surface area contributed by atoms with Crippen molar-refractivity contribution in [3.8, 4) is 5.75 Å². The molecular weight excluding hydrogens is 300 g/mol. The Kier molecular flexibility index (Phi) is 5.04. The van der Waals surface area contributed by atoms with Gasteiger partial charge in [0.05, 0.1) is 18.4 Å². The van der Waals surface area contributed by atoms with Crippen molar-refractivity contribution < 1.29 is 9.47 Å². The zero-order chi connectivity index (χ0) is 16.2. The van der Waals surface area contributed by atoms with Gasteiger partial charge in [0.2, 0.25) is 0 Å².